The first-order valence-electron chi connectivity index (χ1n) is 10.3. The summed E-state index contributed by atoms with van der Waals surface area (Å²) in [5.41, 5.74) is 3.25. The van der Waals surface area contributed by atoms with Crippen LogP contribution in [0.2, 0.25) is 0 Å². The van der Waals surface area contributed by atoms with Crippen LogP contribution in [-0.4, -0.2) is 36.2 Å². The van der Waals surface area contributed by atoms with E-state index >= 15 is 0 Å². The van der Waals surface area contributed by atoms with Crippen molar-refractivity contribution in [3.63, 3.8) is 0 Å². The predicted molar refractivity (Wildman–Crippen MR) is 125 cm³/mol. The molecule has 0 unspecified atom stereocenters. The summed E-state index contributed by atoms with van der Waals surface area (Å²) in [7, 11) is 1.67. The molecule has 0 aliphatic rings. The molecule has 0 saturated carbocycles. The van der Waals surface area contributed by atoms with Gasteiger partial charge in [-0.1, -0.05) is 42.1 Å². The highest BCUT2D eigenvalue weighted by atomic mass is 32.2. The van der Waals surface area contributed by atoms with E-state index in [1.807, 2.05) is 53.2 Å². The van der Waals surface area contributed by atoms with Gasteiger partial charge in [-0.2, -0.15) is 0 Å². The van der Waals surface area contributed by atoms with Crippen LogP contribution in [0, 0.1) is 0 Å². The lowest BCUT2D eigenvalue weighted by molar-refractivity contribution is 0.415. The normalized spacial score (nSPS) is 11.2. The number of fused-ring (bicyclic) bond motifs is 1. The lowest BCUT2D eigenvalue weighted by Gasteiger charge is -2.10. The van der Waals surface area contributed by atoms with Crippen LogP contribution in [0.15, 0.2) is 84.4 Å². The Balaban J connectivity index is 1.41. The van der Waals surface area contributed by atoms with Gasteiger partial charge in [0.25, 0.3) is 0 Å². The summed E-state index contributed by atoms with van der Waals surface area (Å²) >= 11 is 1.63. The van der Waals surface area contributed by atoms with Gasteiger partial charge in [-0.05, 0) is 42.3 Å². The number of imidazole rings is 1. The van der Waals surface area contributed by atoms with Crippen LogP contribution in [-0.2, 0) is 18.7 Å². The second-order valence-corrected chi connectivity index (χ2v) is 8.21. The van der Waals surface area contributed by atoms with Gasteiger partial charge in [0.15, 0.2) is 11.0 Å². The summed E-state index contributed by atoms with van der Waals surface area (Å²) in [5.74, 6) is 3.06. The van der Waals surface area contributed by atoms with Crippen molar-refractivity contribution in [2.24, 2.45) is 0 Å². The third kappa shape index (κ3) is 4.36. The van der Waals surface area contributed by atoms with Gasteiger partial charge in [0, 0.05) is 36.5 Å². The molecule has 5 rings (SSSR count). The van der Waals surface area contributed by atoms with E-state index in [0.29, 0.717) is 11.5 Å². The molecule has 0 saturated heterocycles. The topological polar surface area (TPSA) is 70.1 Å². The maximum atomic E-state index is 5.30. The molecule has 7 nitrogen and oxygen atoms in total. The Morgan fingerprint density at radius 3 is 2.59 bits per heavy atom. The third-order valence-corrected chi connectivity index (χ3v) is 6.17. The summed E-state index contributed by atoms with van der Waals surface area (Å²) in [6.07, 6.45) is 6.60. The fourth-order valence-corrected chi connectivity index (χ4v) is 4.37. The summed E-state index contributed by atoms with van der Waals surface area (Å²) in [5, 5.41) is 9.91. The van der Waals surface area contributed by atoms with Crippen LogP contribution >= 0.6 is 11.8 Å². The Morgan fingerprint density at radius 2 is 1.81 bits per heavy atom. The van der Waals surface area contributed by atoms with Gasteiger partial charge in [-0.25, -0.2) is 9.97 Å². The largest absolute Gasteiger partial charge is 0.497 e. The number of aryl methyl sites for hydroxylation is 1. The van der Waals surface area contributed by atoms with E-state index in [4.69, 9.17) is 4.74 Å². The van der Waals surface area contributed by atoms with E-state index in [9.17, 15) is 0 Å². The number of thioether (sulfide) groups is 1. The molecule has 0 atom stereocenters. The Kier molecular flexibility index (Phi) is 5.85. The van der Waals surface area contributed by atoms with E-state index in [1.165, 1.54) is 5.56 Å². The number of benzene rings is 2. The average molecular weight is 443 g/mol. The van der Waals surface area contributed by atoms with Gasteiger partial charge in [0.2, 0.25) is 5.78 Å². The molecular formula is C24H22N6OS. The van der Waals surface area contributed by atoms with E-state index < -0.39 is 0 Å². The van der Waals surface area contributed by atoms with Crippen molar-refractivity contribution in [3.05, 3.63) is 90.5 Å². The van der Waals surface area contributed by atoms with Gasteiger partial charge in [-0.15, -0.1) is 10.2 Å². The highest BCUT2D eigenvalue weighted by molar-refractivity contribution is 7.98. The van der Waals surface area contributed by atoms with Gasteiger partial charge in [-0.3, -0.25) is 4.40 Å². The molecule has 8 heteroatoms. The molecule has 5 aromatic rings. The van der Waals surface area contributed by atoms with Crippen LogP contribution in [0.3, 0.4) is 0 Å². The minimum Gasteiger partial charge on any atom is -0.497 e. The number of hydrogen-bond donors (Lipinski definition) is 0. The van der Waals surface area contributed by atoms with Crippen molar-refractivity contribution in [3.8, 4) is 17.1 Å². The summed E-state index contributed by atoms with van der Waals surface area (Å²) in [4.78, 5) is 8.89. The number of hydrogen-bond acceptors (Lipinski definition) is 6. The zero-order valence-corrected chi connectivity index (χ0v) is 18.4. The zero-order chi connectivity index (χ0) is 21.8. The Labute approximate surface area is 190 Å². The molecule has 3 aromatic heterocycles. The minimum atomic E-state index is 0.690. The first-order chi connectivity index (χ1) is 15.8. The first kappa shape index (κ1) is 20.3. The number of methoxy groups -OCH3 is 1. The monoisotopic (exact) mass is 442 g/mol. The van der Waals surface area contributed by atoms with E-state index in [1.54, 1.807) is 25.1 Å². The fraction of sp³-hybridized carbons (Fsp3) is 0.167. The molecular weight excluding hydrogens is 420 g/mol. The molecule has 0 bridgehead atoms. The quantitative estimate of drug-likeness (QED) is 0.329. The Hall–Kier alpha value is -3.65. The van der Waals surface area contributed by atoms with Crippen molar-refractivity contribution < 1.29 is 4.74 Å². The Bertz CT molecular complexity index is 1280. The lowest BCUT2D eigenvalue weighted by Crippen LogP contribution is -2.05. The predicted octanol–water partition coefficient (Wildman–Crippen LogP) is 4.53. The fourth-order valence-electron chi connectivity index (χ4n) is 3.52. The maximum Gasteiger partial charge on any atom is 0.233 e. The second-order valence-electron chi connectivity index (χ2n) is 7.27. The van der Waals surface area contributed by atoms with Crippen molar-refractivity contribution in [1.82, 2.24) is 29.1 Å². The van der Waals surface area contributed by atoms with Crippen molar-refractivity contribution in [2.75, 3.05) is 7.11 Å². The molecule has 0 spiro atoms. The van der Waals surface area contributed by atoms with Crippen LogP contribution in [0.5, 0.6) is 5.75 Å². The number of ether oxygens (including phenoxy) is 1. The van der Waals surface area contributed by atoms with E-state index in [0.717, 1.165) is 41.0 Å². The molecule has 0 amide bonds. The zero-order valence-electron chi connectivity index (χ0n) is 17.6. The SMILES string of the molecule is COc1ccc(-c2nnc(SCc3cn4cccnc4n3)n2CCc2ccccc2)cc1. The molecule has 160 valence electrons. The molecule has 0 aliphatic heterocycles. The van der Waals surface area contributed by atoms with Gasteiger partial charge >= 0.3 is 0 Å². The van der Waals surface area contributed by atoms with E-state index in [2.05, 4.69) is 49.0 Å². The van der Waals surface area contributed by atoms with Crippen LogP contribution in [0.1, 0.15) is 11.3 Å². The summed E-state index contributed by atoms with van der Waals surface area (Å²) in [6.45, 7) is 0.785. The van der Waals surface area contributed by atoms with Gasteiger partial charge < -0.3 is 9.30 Å². The molecule has 0 fully saturated rings. The van der Waals surface area contributed by atoms with Crippen molar-refractivity contribution >= 4 is 17.5 Å². The van der Waals surface area contributed by atoms with Crippen LogP contribution in [0.4, 0.5) is 0 Å². The summed E-state index contributed by atoms with van der Waals surface area (Å²) < 4.78 is 9.41. The van der Waals surface area contributed by atoms with E-state index in [-0.39, 0.29) is 0 Å². The van der Waals surface area contributed by atoms with Crippen molar-refractivity contribution in [2.45, 2.75) is 23.9 Å². The smallest absolute Gasteiger partial charge is 0.233 e. The molecule has 3 heterocycles. The molecule has 0 N–H and O–H groups in total. The Morgan fingerprint density at radius 1 is 0.969 bits per heavy atom. The van der Waals surface area contributed by atoms with Crippen LogP contribution in [0.25, 0.3) is 17.2 Å². The molecule has 2 aromatic carbocycles. The van der Waals surface area contributed by atoms with Crippen LogP contribution < -0.4 is 4.74 Å². The highest BCUT2D eigenvalue weighted by Gasteiger charge is 2.15. The molecule has 0 aliphatic carbocycles. The number of rotatable bonds is 8. The molecule has 0 radical (unpaired) electrons. The maximum absolute atomic E-state index is 5.30. The molecule has 32 heavy (non-hydrogen) atoms. The second kappa shape index (κ2) is 9.23. The summed E-state index contributed by atoms with van der Waals surface area (Å²) in [6, 6.07) is 20.3. The number of nitrogens with zero attached hydrogens (tertiary/aromatic N) is 6. The van der Waals surface area contributed by atoms with Crippen molar-refractivity contribution in [1.29, 1.82) is 0 Å². The number of aromatic nitrogens is 6. The van der Waals surface area contributed by atoms with Gasteiger partial charge in [0.05, 0.1) is 12.8 Å². The standard InChI is InChI=1S/C24H22N6OS/c1-31-21-10-8-19(9-11-21)22-27-28-24(30(22)15-12-18-6-3-2-4-7-18)32-17-20-16-29-14-5-13-25-23(29)26-20/h2-11,13-14,16H,12,15,17H2,1H3. The third-order valence-electron chi connectivity index (χ3n) is 5.17. The minimum absolute atomic E-state index is 0.690. The average Bonchev–Trinajstić information content (AvgIpc) is 3.45. The first-order valence-corrected chi connectivity index (χ1v) is 11.3. The highest BCUT2D eigenvalue weighted by Crippen LogP contribution is 2.28. The lowest BCUT2D eigenvalue weighted by atomic mass is 10.1. The van der Waals surface area contributed by atoms with Gasteiger partial charge in [0.1, 0.15) is 5.75 Å².